The van der Waals surface area contributed by atoms with Crippen molar-refractivity contribution in [2.75, 3.05) is 0 Å². The van der Waals surface area contributed by atoms with E-state index in [9.17, 15) is 18.4 Å². The third-order valence-electron chi connectivity index (χ3n) is 3.44. The Morgan fingerprint density at radius 3 is 2.67 bits per heavy atom. The van der Waals surface area contributed by atoms with Crippen molar-refractivity contribution in [3.05, 3.63) is 35.4 Å². The summed E-state index contributed by atoms with van der Waals surface area (Å²) in [7, 11) is 0. The minimum absolute atomic E-state index is 0.00675. The maximum absolute atomic E-state index is 14.1. The van der Waals surface area contributed by atoms with Crippen LogP contribution < -0.4 is 10.6 Å². The van der Waals surface area contributed by atoms with Gasteiger partial charge in [0.25, 0.3) is 0 Å². The highest BCUT2D eigenvalue weighted by Gasteiger charge is 2.38. The van der Waals surface area contributed by atoms with E-state index in [0.717, 1.165) is 18.2 Å². The van der Waals surface area contributed by atoms with Gasteiger partial charge >= 0.3 is 6.09 Å². The zero-order valence-electron chi connectivity index (χ0n) is 13.5. The fourth-order valence-electron chi connectivity index (χ4n) is 2.46. The Bertz CT molecular complexity index is 649. The van der Waals surface area contributed by atoms with E-state index in [0.29, 0.717) is 0 Å². The number of amides is 2. The minimum atomic E-state index is -0.869. The van der Waals surface area contributed by atoms with Crippen LogP contribution in [0.1, 0.15) is 38.8 Å². The summed E-state index contributed by atoms with van der Waals surface area (Å²) in [5.74, 6) is -1.55. The van der Waals surface area contributed by atoms with Gasteiger partial charge in [-0.15, -0.1) is 0 Å². The Labute approximate surface area is 152 Å². The van der Waals surface area contributed by atoms with Crippen molar-refractivity contribution in [3.8, 4) is 0 Å². The summed E-state index contributed by atoms with van der Waals surface area (Å²) in [5.41, 5.74) is -0.696. The van der Waals surface area contributed by atoms with Crippen molar-refractivity contribution >= 4 is 34.6 Å². The summed E-state index contributed by atoms with van der Waals surface area (Å²) in [5, 5.41) is 5.30. The highest BCUT2D eigenvalue weighted by Crippen LogP contribution is 2.30. The summed E-state index contributed by atoms with van der Waals surface area (Å²) in [6, 6.07) is 1.54. The maximum Gasteiger partial charge on any atom is 0.407 e. The third kappa shape index (κ3) is 4.78. The molecule has 3 atom stereocenters. The molecule has 8 heteroatoms. The summed E-state index contributed by atoms with van der Waals surface area (Å²) in [4.78, 5) is 24.0. The minimum Gasteiger partial charge on any atom is -0.444 e. The lowest BCUT2D eigenvalue weighted by Crippen LogP contribution is -2.54. The number of carbonyl (C=O) groups excluding carboxylic acids is 2. The van der Waals surface area contributed by atoms with Crippen LogP contribution in [0.4, 0.5) is 13.6 Å². The number of rotatable bonds is 2. The summed E-state index contributed by atoms with van der Waals surface area (Å²) < 4.78 is 32.4. The van der Waals surface area contributed by atoms with E-state index < -0.39 is 39.3 Å². The molecule has 0 saturated carbocycles. The standard InChI is InChI=1S/C16H19F2IN2O3/c1-16(2,3)24-15(23)20-12-7-11(19)14(22)21-13(12)9-6-8(17)4-5-10(9)18/h4-6,11-13H,7H2,1-3H3,(H,20,23)(H,21,22). The van der Waals surface area contributed by atoms with Crippen molar-refractivity contribution in [2.24, 2.45) is 0 Å². The van der Waals surface area contributed by atoms with Gasteiger partial charge in [-0.25, -0.2) is 13.6 Å². The predicted molar refractivity (Wildman–Crippen MR) is 92.8 cm³/mol. The van der Waals surface area contributed by atoms with E-state index in [1.165, 1.54) is 0 Å². The first-order chi connectivity index (χ1) is 11.1. The highest BCUT2D eigenvalue weighted by atomic mass is 127. The van der Waals surface area contributed by atoms with E-state index in [4.69, 9.17) is 4.74 Å². The topological polar surface area (TPSA) is 67.4 Å². The Balaban J connectivity index is 2.26. The van der Waals surface area contributed by atoms with Crippen LogP contribution in [-0.4, -0.2) is 27.6 Å². The number of ether oxygens (including phenoxy) is 1. The number of halogens is 3. The molecular weight excluding hydrogens is 433 g/mol. The normalized spacial score (nSPS) is 24.2. The molecule has 1 aliphatic heterocycles. The molecule has 2 rings (SSSR count). The molecule has 5 nitrogen and oxygen atoms in total. The van der Waals surface area contributed by atoms with Crippen LogP contribution in [0, 0.1) is 11.6 Å². The molecule has 1 saturated heterocycles. The molecule has 0 radical (unpaired) electrons. The molecule has 3 unspecified atom stereocenters. The Morgan fingerprint density at radius 2 is 2.04 bits per heavy atom. The summed E-state index contributed by atoms with van der Waals surface area (Å²) in [6.07, 6.45) is -0.388. The lowest BCUT2D eigenvalue weighted by molar-refractivity contribution is -0.123. The van der Waals surface area contributed by atoms with E-state index >= 15 is 0 Å². The number of alkyl carbamates (subject to hydrolysis) is 1. The van der Waals surface area contributed by atoms with Gasteiger partial charge in [0.05, 0.1) is 16.0 Å². The fourth-order valence-corrected chi connectivity index (χ4v) is 3.19. The second kappa shape index (κ2) is 7.20. The number of piperidine rings is 1. The number of alkyl halides is 1. The van der Waals surface area contributed by atoms with Gasteiger partial charge in [-0.3, -0.25) is 4.79 Å². The smallest absolute Gasteiger partial charge is 0.407 e. The lowest BCUT2D eigenvalue weighted by Gasteiger charge is -2.36. The average molecular weight is 452 g/mol. The summed E-state index contributed by atoms with van der Waals surface area (Å²) >= 11 is 1.95. The van der Waals surface area contributed by atoms with Crippen LogP contribution in [0.5, 0.6) is 0 Å². The molecule has 1 heterocycles. The van der Waals surface area contributed by atoms with Crippen LogP contribution in [0.25, 0.3) is 0 Å². The van der Waals surface area contributed by atoms with Gasteiger partial charge in [0.1, 0.15) is 17.2 Å². The van der Waals surface area contributed by atoms with Gasteiger partial charge in [0, 0.05) is 5.56 Å². The van der Waals surface area contributed by atoms with E-state index in [1.807, 2.05) is 22.6 Å². The molecule has 0 bridgehead atoms. The fraction of sp³-hybridized carbons (Fsp3) is 0.500. The number of hydrogen-bond acceptors (Lipinski definition) is 3. The number of hydrogen-bond donors (Lipinski definition) is 2. The summed E-state index contributed by atoms with van der Waals surface area (Å²) in [6.45, 7) is 5.17. The van der Waals surface area contributed by atoms with Crippen molar-refractivity contribution in [3.63, 3.8) is 0 Å². The van der Waals surface area contributed by atoms with Crippen LogP contribution in [0.15, 0.2) is 18.2 Å². The molecule has 0 spiro atoms. The van der Waals surface area contributed by atoms with Gasteiger partial charge < -0.3 is 15.4 Å². The van der Waals surface area contributed by atoms with Crippen molar-refractivity contribution in [1.29, 1.82) is 0 Å². The van der Waals surface area contributed by atoms with Crippen LogP contribution >= 0.6 is 22.6 Å². The Hall–Kier alpha value is -1.45. The lowest BCUT2D eigenvalue weighted by atomic mass is 9.91. The molecule has 1 fully saturated rings. The Kier molecular flexibility index (Phi) is 5.67. The largest absolute Gasteiger partial charge is 0.444 e. The van der Waals surface area contributed by atoms with E-state index in [1.54, 1.807) is 20.8 Å². The predicted octanol–water partition coefficient (Wildman–Crippen LogP) is 3.22. The number of carbonyl (C=O) groups is 2. The van der Waals surface area contributed by atoms with Crippen LogP contribution in [-0.2, 0) is 9.53 Å². The second-order valence-electron chi connectivity index (χ2n) is 6.61. The molecule has 0 aliphatic carbocycles. The zero-order chi connectivity index (χ0) is 18.1. The first-order valence-corrected chi connectivity index (χ1v) is 8.70. The van der Waals surface area contributed by atoms with Gasteiger partial charge in [-0.1, -0.05) is 22.6 Å². The van der Waals surface area contributed by atoms with Crippen LogP contribution in [0.3, 0.4) is 0 Å². The molecule has 24 heavy (non-hydrogen) atoms. The van der Waals surface area contributed by atoms with Crippen molar-refractivity contribution in [2.45, 2.75) is 48.8 Å². The van der Waals surface area contributed by atoms with Gasteiger partial charge in [0.2, 0.25) is 5.91 Å². The molecule has 1 aliphatic rings. The SMILES string of the molecule is CC(C)(C)OC(=O)NC1CC(I)C(=O)NC1c1cc(F)ccc1F. The molecule has 2 amide bonds. The third-order valence-corrected chi connectivity index (χ3v) is 4.51. The van der Waals surface area contributed by atoms with Gasteiger partial charge in [-0.05, 0) is 45.4 Å². The first kappa shape index (κ1) is 18.9. The molecular formula is C16H19F2IN2O3. The zero-order valence-corrected chi connectivity index (χ0v) is 15.7. The van der Waals surface area contributed by atoms with Gasteiger partial charge in [-0.2, -0.15) is 0 Å². The molecule has 0 aromatic heterocycles. The molecule has 132 valence electrons. The number of nitrogens with one attached hydrogen (secondary N) is 2. The quantitative estimate of drug-likeness (QED) is 0.535. The number of benzene rings is 1. The maximum atomic E-state index is 14.1. The van der Waals surface area contributed by atoms with Crippen molar-refractivity contribution in [1.82, 2.24) is 10.6 Å². The molecule has 2 N–H and O–H groups in total. The average Bonchev–Trinajstić information content (AvgIpc) is 2.43. The first-order valence-electron chi connectivity index (χ1n) is 7.46. The van der Waals surface area contributed by atoms with Crippen molar-refractivity contribution < 1.29 is 23.1 Å². The molecule has 1 aromatic carbocycles. The molecule has 1 aromatic rings. The van der Waals surface area contributed by atoms with E-state index in [2.05, 4.69) is 10.6 Å². The van der Waals surface area contributed by atoms with E-state index in [-0.39, 0.29) is 17.9 Å². The monoisotopic (exact) mass is 452 g/mol. The van der Waals surface area contributed by atoms with Crippen LogP contribution in [0.2, 0.25) is 0 Å². The highest BCUT2D eigenvalue weighted by molar-refractivity contribution is 14.1. The van der Waals surface area contributed by atoms with Gasteiger partial charge in [0.15, 0.2) is 0 Å². The second-order valence-corrected chi connectivity index (χ2v) is 8.11. The Morgan fingerprint density at radius 1 is 1.38 bits per heavy atom.